The van der Waals surface area contributed by atoms with Gasteiger partial charge >= 0.3 is 5.97 Å². The van der Waals surface area contributed by atoms with E-state index in [-0.39, 0.29) is 5.97 Å². The third-order valence-electron chi connectivity index (χ3n) is 3.50. The zero-order valence-electron chi connectivity index (χ0n) is 10.7. The van der Waals surface area contributed by atoms with Crippen LogP contribution < -0.4 is 0 Å². The van der Waals surface area contributed by atoms with Crippen LogP contribution in [-0.2, 0) is 9.53 Å². The van der Waals surface area contributed by atoms with Crippen molar-refractivity contribution in [2.75, 3.05) is 33.3 Å². The Balaban J connectivity index is 3.76. The Labute approximate surface area is 94.0 Å². The second kappa shape index (κ2) is 7.69. The van der Waals surface area contributed by atoms with E-state index in [0.29, 0.717) is 6.42 Å². The van der Waals surface area contributed by atoms with Crippen molar-refractivity contribution in [2.45, 2.75) is 40.0 Å². The summed E-state index contributed by atoms with van der Waals surface area (Å²) in [6, 6.07) is 0. The molecule has 0 aromatic heterocycles. The van der Waals surface area contributed by atoms with Gasteiger partial charge in [-0.05, 0) is 33.6 Å². The molecule has 0 fully saturated rings. The van der Waals surface area contributed by atoms with E-state index in [4.69, 9.17) is 0 Å². The van der Waals surface area contributed by atoms with Crippen molar-refractivity contribution in [3.05, 3.63) is 0 Å². The Morgan fingerprint density at radius 2 is 1.60 bits per heavy atom. The van der Waals surface area contributed by atoms with Crippen LogP contribution in [0.15, 0.2) is 0 Å². The number of esters is 1. The summed E-state index contributed by atoms with van der Waals surface area (Å²) in [6.45, 7) is 11.5. The van der Waals surface area contributed by atoms with Crippen molar-refractivity contribution in [3.63, 3.8) is 0 Å². The first kappa shape index (κ1) is 14.4. The van der Waals surface area contributed by atoms with Crippen LogP contribution >= 0.6 is 0 Å². The molecular formula is C12H26NO2+. The molecule has 0 heterocycles. The molecule has 0 saturated heterocycles. The molecule has 0 atom stereocenters. The average Bonchev–Trinajstić information content (AvgIpc) is 2.30. The molecule has 0 unspecified atom stereocenters. The normalized spacial score (nSPS) is 11.5. The van der Waals surface area contributed by atoms with Gasteiger partial charge in [0.05, 0.1) is 33.3 Å². The number of hydrogen-bond acceptors (Lipinski definition) is 2. The molecule has 0 amide bonds. The number of ether oxygens (including phenoxy) is 1. The minimum absolute atomic E-state index is 0.0856. The fourth-order valence-corrected chi connectivity index (χ4v) is 1.96. The third-order valence-corrected chi connectivity index (χ3v) is 3.50. The first-order valence-electron chi connectivity index (χ1n) is 6.06. The first-order chi connectivity index (χ1) is 7.14. The SMILES string of the molecule is CC[N+](CC)(CC)CCCCC(=O)OC. The van der Waals surface area contributed by atoms with Gasteiger partial charge in [0.25, 0.3) is 0 Å². The third kappa shape index (κ3) is 5.17. The van der Waals surface area contributed by atoms with Crippen molar-refractivity contribution < 1.29 is 14.0 Å². The number of unbranched alkanes of at least 4 members (excludes halogenated alkanes) is 1. The lowest BCUT2D eigenvalue weighted by molar-refractivity contribution is -0.923. The summed E-state index contributed by atoms with van der Waals surface area (Å²) in [5, 5.41) is 0. The summed E-state index contributed by atoms with van der Waals surface area (Å²) >= 11 is 0. The van der Waals surface area contributed by atoms with Crippen molar-refractivity contribution in [1.29, 1.82) is 0 Å². The number of nitrogens with zero attached hydrogens (tertiary/aromatic N) is 1. The number of quaternary nitrogens is 1. The van der Waals surface area contributed by atoms with Crippen LogP contribution in [0, 0.1) is 0 Å². The van der Waals surface area contributed by atoms with Gasteiger partial charge in [0.2, 0.25) is 0 Å². The smallest absolute Gasteiger partial charge is 0.305 e. The topological polar surface area (TPSA) is 26.3 Å². The highest BCUT2D eigenvalue weighted by molar-refractivity contribution is 5.68. The molecule has 0 aliphatic rings. The van der Waals surface area contributed by atoms with E-state index in [2.05, 4.69) is 25.5 Å². The summed E-state index contributed by atoms with van der Waals surface area (Å²) < 4.78 is 5.79. The van der Waals surface area contributed by atoms with Crippen molar-refractivity contribution in [1.82, 2.24) is 0 Å². The molecule has 0 aliphatic carbocycles. The fraction of sp³-hybridized carbons (Fsp3) is 0.917. The highest BCUT2D eigenvalue weighted by Crippen LogP contribution is 2.09. The number of methoxy groups -OCH3 is 1. The second-order valence-corrected chi connectivity index (χ2v) is 4.05. The van der Waals surface area contributed by atoms with E-state index in [9.17, 15) is 4.79 Å². The molecule has 0 rings (SSSR count). The van der Waals surface area contributed by atoms with Crippen molar-refractivity contribution in [2.24, 2.45) is 0 Å². The predicted octanol–water partition coefficient (Wildman–Crippen LogP) is 2.21. The minimum atomic E-state index is -0.0856. The molecule has 3 heteroatoms. The maximum Gasteiger partial charge on any atom is 0.305 e. The molecule has 0 radical (unpaired) electrons. The lowest BCUT2D eigenvalue weighted by Crippen LogP contribution is -2.48. The Hall–Kier alpha value is -0.570. The summed E-state index contributed by atoms with van der Waals surface area (Å²) in [6.07, 6.45) is 2.63. The Bertz CT molecular complexity index is 168. The van der Waals surface area contributed by atoms with Gasteiger partial charge in [0.1, 0.15) is 0 Å². The average molecular weight is 216 g/mol. The second-order valence-electron chi connectivity index (χ2n) is 4.05. The van der Waals surface area contributed by atoms with E-state index in [1.54, 1.807) is 0 Å². The van der Waals surface area contributed by atoms with Crippen LogP contribution in [0.3, 0.4) is 0 Å². The molecular weight excluding hydrogens is 190 g/mol. The maximum absolute atomic E-state index is 10.9. The van der Waals surface area contributed by atoms with Gasteiger partial charge < -0.3 is 9.22 Å². The summed E-state index contributed by atoms with van der Waals surface area (Å²) in [5.74, 6) is -0.0856. The quantitative estimate of drug-likeness (QED) is 0.353. The minimum Gasteiger partial charge on any atom is -0.469 e. The van der Waals surface area contributed by atoms with Gasteiger partial charge in [-0.2, -0.15) is 0 Å². The molecule has 0 N–H and O–H groups in total. The lowest BCUT2D eigenvalue weighted by Gasteiger charge is -2.35. The first-order valence-corrected chi connectivity index (χ1v) is 6.06. The van der Waals surface area contributed by atoms with Crippen LogP contribution in [0.1, 0.15) is 40.0 Å². The molecule has 0 bridgehead atoms. The molecule has 90 valence electrons. The fourth-order valence-electron chi connectivity index (χ4n) is 1.96. The molecule has 0 aromatic rings. The van der Waals surface area contributed by atoms with E-state index in [0.717, 1.165) is 12.8 Å². The van der Waals surface area contributed by atoms with Crippen LogP contribution in [0.5, 0.6) is 0 Å². The largest absolute Gasteiger partial charge is 0.469 e. The zero-order chi connectivity index (χ0) is 11.7. The molecule has 0 spiro atoms. The molecule has 0 aliphatic heterocycles. The summed E-state index contributed by atoms with van der Waals surface area (Å²) in [5.41, 5.74) is 0. The lowest BCUT2D eigenvalue weighted by atomic mass is 10.2. The number of carbonyl (C=O) groups excluding carboxylic acids is 1. The van der Waals surface area contributed by atoms with Gasteiger partial charge in [-0.3, -0.25) is 4.79 Å². The maximum atomic E-state index is 10.9. The number of hydrogen-bond donors (Lipinski definition) is 0. The Morgan fingerprint density at radius 1 is 1.07 bits per heavy atom. The zero-order valence-corrected chi connectivity index (χ0v) is 10.7. The monoisotopic (exact) mass is 216 g/mol. The van der Waals surface area contributed by atoms with Gasteiger partial charge in [0.15, 0.2) is 0 Å². The van der Waals surface area contributed by atoms with Gasteiger partial charge in [-0.25, -0.2) is 0 Å². The van der Waals surface area contributed by atoms with Crippen LogP contribution in [0.4, 0.5) is 0 Å². The number of carbonyl (C=O) groups is 1. The van der Waals surface area contributed by atoms with Crippen LogP contribution in [-0.4, -0.2) is 43.7 Å². The highest BCUT2D eigenvalue weighted by Gasteiger charge is 2.19. The Morgan fingerprint density at radius 3 is 2.00 bits per heavy atom. The molecule has 0 saturated carbocycles. The van der Waals surface area contributed by atoms with Gasteiger partial charge in [0, 0.05) is 6.42 Å². The van der Waals surface area contributed by atoms with Crippen molar-refractivity contribution >= 4 is 5.97 Å². The Kier molecular flexibility index (Phi) is 7.39. The number of rotatable bonds is 8. The van der Waals surface area contributed by atoms with E-state index in [1.807, 2.05) is 0 Å². The molecule has 15 heavy (non-hydrogen) atoms. The highest BCUT2D eigenvalue weighted by atomic mass is 16.5. The van der Waals surface area contributed by atoms with E-state index in [1.165, 1.54) is 37.8 Å². The predicted molar refractivity (Wildman–Crippen MR) is 62.6 cm³/mol. The van der Waals surface area contributed by atoms with Crippen molar-refractivity contribution in [3.8, 4) is 0 Å². The summed E-state index contributed by atoms with van der Waals surface area (Å²) in [4.78, 5) is 10.9. The van der Waals surface area contributed by atoms with Gasteiger partial charge in [-0.1, -0.05) is 0 Å². The van der Waals surface area contributed by atoms with Crippen LogP contribution in [0.2, 0.25) is 0 Å². The molecule has 3 nitrogen and oxygen atoms in total. The van der Waals surface area contributed by atoms with Gasteiger partial charge in [-0.15, -0.1) is 0 Å². The standard InChI is InChI=1S/C12H26NO2/c1-5-13(6-2,7-3)11-9-8-10-12(14)15-4/h5-11H2,1-4H3/q+1. The van der Waals surface area contributed by atoms with E-state index < -0.39 is 0 Å². The summed E-state index contributed by atoms with van der Waals surface area (Å²) in [7, 11) is 1.45. The molecule has 0 aromatic carbocycles. The van der Waals surface area contributed by atoms with Crippen LogP contribution in [0.25, 0.3) is 0 Å². The van der Waals surface area contributed by atoms with E-state index >= 15 is 0 Å².